The molecule has 0 aliphatic heterocycles. The first-order valence-corrected chi connectivity index (χ1v) is 9.20. The van der Waals surface area contributed by atoms with E-state index in [1.165, 1.54) is 5.39 Å². The van der Waals surface area contributed by atoms with Gasteiger partial charge in [-0.1, -0.05) is 31.2 Å². The van der Waals surface area contributed by atoms with Crippen LogP contribution in [0, 0.1) is 12.8 Å². The van der Waals surface area contributed by atoms with Crippen molar-refractivity contribution in [1.29, 1.82) is 0 Å². The lowest BCUT2D eigenvalue weighted by molar-refractivity contribution is -0.141. The van der Waals surface area contributed by atoms with E-state index in [1.54, 1.807) is 20.2 Å². The molecule has 0 fully saturated rings. The molecule has 8 nitrogen and oxygen atoms in total. The van der Waals surface area contributed by atoms with Gasteiger partial charge < -0.3 is 20.5 Å². The van der Waals surface area contributed by atoms with Gasteiger partial charge in [0.1, 0.15) is 19.3 Å². The fourth-order valence-electron chi connectivity index (χ4n) is 2.50. The number of carboxylic acid groups (broad SMARTS) is 1. The number of aryl methyl sites for hydroxylation is 1. The number of aromatic nitrogens is 3. The van der Waals surface area contributed by atoms with Gasteiger partial charge in [0, 0.05) is 17.6 Å². The van der Waals surface area contributed by atoms with E-state index in [2.05, 4.69) is 32.8 Å². The van der Waals surface area contributed by atoms with E-state index >= 15 is 0 Å². The van der Waals surface area contributed by atoms with Crippen LogP contribution in [0.3, 0.4) is 0 Å². The molecule has 2 aromatic heterocycles. The van der Waals surface area contributed by atoms with E-state index in [-0.39, 0.29) is 12.0 Å². The van der Waals surface area contributed by atoms with E-state index in [0.29, 0.717) is 6.67 Å². The van der Waals surface area contributed by atoms with Crippen LogP contribution in [0.1, 0.15) is 19.5 Å². The summed E-state index contributed by atoms with van der Waals surface area (Å²) in [5.41, 5.74) is 2.19. The van der Waals surface area contributed by atoms with Gasteiger partial charge in [-0.15, -0.1) is 0 Å². The zero-order chi connectivity index (χ0) is 21.8. The molecule has 3 rings (SSSR count). The number of pyridine rings is 1. The van der Waals surface area contributed by atoms with Gasteiger partial charge >= 0.3 is 5.97 Å². The van der Waals surface area contributed by atoms with E-state index in [9.17, 15) is 4.79 Å². The Labute approximate surface area is 171 Å². The first kappa shape index (κ1) is 23.8. The summed E-state index contributed by atoms with van der Waals surface area (Å²) in [5, 5.41) is 20.3. The van der Waals surface area contributed by atoms with Crippen molar-refractivity contribution in [2.45, 2.75) is 33.5 Å². The molecule has 29 heavy (non-hydrogen) atoms. The Morgan fingerprint density at radius 3 is 2.38 bits per heavy atom. The minimum Gasteiger partial charge on any atom is -0.481 e. The van der Waals surface area contributed by atoms with Gasteiger partial charge in [0.25, 0.3) is 0 Å². The molecule has 2 heterocycles. The van der Waals surface area contributed by atoms with Crippen LogP contribution in [0.15, 0.2) is 48.7 Å². The number of hydrogen-bond donors (Lipinski definition) is 3. The molecule has 0 aliphatic rings. The molecule has 3 aromatic rings. The number of hydrogen-bond acceptors (Lipinski definition) is 6. The minimum atomic E-state index is -0.753. The molecule has 0 aliphatic carbocycles. The summed E-state index contributed by atoms with van der Waals surface area (Å²) in [5.74, 6) is -0.207. The largest absolute Gasteiger partial charge is 0.481 e. The molecular formula is C21H29N5O3. The van der Waals surface area contributed by atoms with Gasteiger partial charge in [-0.05, 0) is 39.1 Å². The highest BCUT2D eigenvalue weighted by atomic mass is 16.4. The third kappa shape index (κ3) is 7.00. The lowest BCUT2D eigenvalue weighted by Crippen LogP contribution is -2.33. The average Bonchev–Trinajstić information content (AvgIpc) is 3.09. The van der Waals surface area contributed by atoms with Crippen LogP contribution < -0.4 is 10.6 Å². The van der Waals surface area contributed by atoms with Crippen LogP contribution in [0.2, 0.25) is 0 Å². The van der Waals surface area contributed by atoms with Crippen LogP contribution >= 0.6 is 0 Å². The van der Waals surface area contributed by atoms with E-state index < -0.39 is 5.97 Å². The second-order valence-corrected chi connectivity index (χ2v) is 6.36. The summed E-state index contributed by atoms with van der Waals surface area (Å²) in [7, 11) is 1.75. The smallest absolute Gasteiger partial charge is 0.307 e. The highest BCUT2D eigenvalue weighted by Crippen LogP contribution is 2.17. The molecular weight excluding hydrogens is 370 g/mol. The summed E-state index contributed by atoms with van der Waals surface area (Å²) in [6, 6.07) is 14.1. The topological polar surface area (TPSA) is 109 Å². The lowest BCUT2D eigenvalue weighted by atomic mass is 10.1. The summed E-state index contributed by atoms with van der Waals surface area (Å²) < 4.78 is 1.96. The molecule has 0 bridgehead atoms. The molecule has 2 unspecified atom stereocenters. The van der Waals surface area contributed by atoms with Crippen molar-refractivity contribution < 1.29 is 14.7 Å². The third-order valence-corrected chi connectivity index (χ3v) is 4.51. The molecule has 0 saturated heterocycles. The van der Waals surface area contributed by atoms with Crippen molar-refractivity contribution in [3.63, 3.8) is 0 Å². The van der Waals surface area contributed by atoms with Crippen molar-refractivity contribution in [2.75, 3.05) is 12.4 Å². The van der Waals surface area contributed by atoms with Crippen LogP contribution in [0.5, 0.6) is 0 Å². The maximum atomic E-state index is 10.3. The van der Waals surface area contributed by atoms with Crippen LogP contribution in [-0.2, 0) is 16.3 Å². The Bertz CT molecular complexity index is 882. The first-order chi connectivity index (χ1) is 13.9. The molecule has 0 saturated carbocycles. The van der Waals surface area contributed by atoms with Crippen LogP contribution in [0.4, 0.5) is 5.82 Å². The van der Waals surface area contributed by atoms with E-state index in [4.69, 9.17) is 9.90 Å². The predicted octanol–water partition coefficient (Wildman–Crippen LogP) is 2.94. The average molecular weight is 399 g/mol. The molecule has 3 N–H and O–H groups in total. The molecule has 2 atom stereocenters. The second kappa shape index (κ2) is 12.2. The molecule has 0 radical (unpaired) electrons. The monoisotopic (exact) mass is 399 g/mol. The number of para-hydroxylation sites is 1. The van der Waals surface area contributed by atoms with Crippen LogP contribution in [0.25, 0.3) is 10.9 Å². The van der Waals surface area contributed by atoms with Crippen molar-refractivity contribution >= 4 is 29.5 Å². The molecule has 156 valence electrons. The number of carboxylic acids is 1. The maximum absolute atomic E-state index is 10.3. The predicted molar refractivity (Wildman–Crippen MR) is 115 cm³/mol. The second-order valence-electron chi connectivity index (χ2n) is 6.36. The Balaban J connectivity index is 0.000000327. The number of nitrogens with zero attached hydrogens (tertiary/aromatic N) is 3. The summed E-state index contributed by atoms with van der Waals surface area (Å²) in [6.45, 7) is 8.17. The number of carbonyl (C=O) groups is 2. The normalized spacial score (nSPS) is 12.0. The quantitative estimate of drug-likeness (QED) is 0.585. The highest BCUT2D eigenvalue weighted by Gasteiger charge is 2.16. The Morgan fingerprint density at radius 2 is 1.83 bits per heavy atom. The van der Waals surface area contributed by atoms with E-state index in [0.717, 1.165) is 17.0 Å². The van der Waals surface area contributed by atoms with Gasteiger partial charge in [-0.25, -0.2) is 9.67 Å². The van der Waals surface area contributed by atoms with Crippen molar-refractivity contribution in [2.24, 2.45) is 5.92 Å². The van der Waals surface area contributed by atoms with Gasteiger partial charge in [0.2, 0.25) is 0 Å². The Morgan fingerprint density at radius 1 is 1.17 bits per heavy atom. The third-order valence-electron chi connectivity index (χ3n) is 4.51. The summed E-state index contributed by atoms with van der Waals surface area (Å²) in [4.78, 5) is 22.5. The molecule has 8 heteroatoms. The SMILES string of the molecule is C=O.CNC(C)C(C)C(=O)O.Cc1nn(CNc2ccccn2)c2ccccc12. The number of anilines is 1. The number of nitrogens with one attached hydrogen (secondary N) is 2. The van der Waals surface area contributed by atoms with Crippen molar-refractivity contribution in [1.82, 2.24) is 20.1 Å². The number of benzene rings is 1. The first-order valence-electron chi connectivity index (χ1n) is 9.20. The van der Waals surface area contributed by atoms with Gasteiger partial charge in [-0.3, -0.25) is 4.79 Å². The zero-order valence-electron chi connectivity index (χ0n) is 17.3. The Hall–Kier alpha value is -3.26. The Kier molecular flexibility index (Phi) is 10.0. The number of fused-ring (bicyclic) bond motifs is 1. The fraction of sp³-hybridized carbons (Fsp3) is 0.333. The van der Waals surface area contributed by atoms with E-state index in [1.807, 2.05) is 55.7 Å². The number of rotatable bonds is 6. The summed E-state index contributed by atoms with van der Waals surface area (Å²) in [6.07, 6.45) is 1.77. The molecule has 0 spiro atoms. The maximum Gasteiger partial charge on any atom is 0.307 e. The number of carbonyl (C=O) groups excluding carboxylic acids is 1. The highest BCUT2D eigenvalue weighted by molar-refractivity contribution is 5.81. The van der Waals surface area contributed by atoms with Gasteiger partial charge in [0.15, 0.2) is 0 Å². The molecule has 0 amide bonds. The fourth-order valence-corrected chi connectivity index (χ4v) is 2.50. The minimum absolute atomic E-state index is 0.0440. The zero-order valence-corrected chi connectivity index (χ0v) is 17.3. The van der Waals surface area contributed by atoms with Crippen molar-refractivity contribution in [3.8, 4) is 0 Å². The van der Waals surface area contributed by atoms with Gasteiger partial charge in [-0.2, -0.15) is 5.10 Å². The van der Waals surface area contributed by atoms with Gasteiger partial charge in [0.05, 0.1) is 17.1 Å². The number of aliphatic carboxylic acids is 1. The lowest BCUT2D eigenvalue weighted by Gasteiger charge is -2.13. The summed E-state index contributed by atoms with van der Waals surface area (Å²) >= 11 is 0. The van der Waals surface area contributed by atoms with Crippen LogP contribution in [-0.4, -0.2) is 45.7 Å². The van der Waals surface area contributed by atoms with Crippen molar-refractivity contribution in [3.05, 3.63) is 54.4 Å². The standard InChI is InChI=1S/C14H14N4.C6H13NO2.CH2O/c1-11-12-6-2-3-7-13(12)18(17-11)10-16-14-8-4-5-9-15-14;1-4(6(8)9)5(2)7-3;1-2/h2-9H,10H2,1H3,(H,15,16);4-5,7H,1-3H3,(H,8,9);1H2. The molecule has 1 aromatic carbocycles.